The van der Waals surface area contributed by atoms with Crippen molar-refractivity contribution < 1.29 is 19.2 Å². The maximum Gasteiger partial charge on any atom is 0.409 e. The number of nitrogens with zero attached hydrogens (tertiary/aromatic N) is 7. The van der Waals surface area contributed by atoms with Gasteiger partial charge in [-0.3, -0.25) is 9.88 Å². The first-order chi connectivity index (χ1) is 18.0. The van der Waals surface area contributed by atoms with E-state index in [0.717, 1.165) is 11.8 Å². The van der Waals surface area contributed by atoms with Gasteiger partial charge in [0.2, 0.25) is 15.6 Å². The Kier molecular flexibility index (Phi) is 8.04. The van der Waals surface area contributed by atoms with Crippen molar-refractivity contribution in [1.82, 2.24) is 34.4 Å². The average Bonchev–Trinajstić information content (AvgIpc) is 3.44. The highest BCUT2D eigenvalue weighted by Crippen LogP contribution is 2.38. The minimum atomic E-state index is -2.09. The molecule has 3 heterocycles. The Morgan fingerprint density at radius 1 is 1.24 bits per heavy atom. The van der Waals surface area contributed by atoms with E-state index >= 15 is 0 Å². The number of benzene rings is 1. The number of nitrogens with one attached hydrogen (secondary N) is 1. The Bertz CT molecular complexity index is 1460. The molecular formula is C21H20Cl3N9O5. The van der Waals surface area contributed by atoms with E-state index in [2.05, 4.69) is 25.3 Å². The third-order valence-corrected chi connectivity index (χ3v) is 5.86. The summed E-state index contributed by atoms with van der Waals surface area (Å²) in [5, 5.41) is 13.6. The third-order valence-electron chi connectivity index (χ3n) is 5.24. The first-order valence-corrected chi connectivity index (χ1v) is 12.0. The number of nitrogens with two attached hydrogens (primary N) is 1. The van der Waals surface area contributed by atoms with E-state index in [1.165, 1.54) is 15.5 Å². The van der Waals surface area contributed by atoms with Gasteiger partial charge >= 0.3 is 11.9 Å². The monoisotopic (exact) mass is 583 g/mol. The van der Waals surface area contributed by atoms with E-state index in [1.807, 2.05) is 30.3 Å². The second-order valence-electron chi connectivity index (χ2n) is 7.78. The molecule has 1 atom stereocenters. The summed E-state index contributed by atoms with van der Waals surface area (Å²) in [4.78, 5) is 39.5. The number of nitro groups is 1. The van der Waals surface area contributed by atoms with Crippen LogP contribution in [0, 0.1) is 17.0 Å². The van der Waals surface area contributed by atoms with Crippen LogP contribution in [-0.2, 0) is 17.9 Å². The van der Waals surface area contributed by atoms with E-state index in [1.54, 1.807) is 6.92 Å². The topological polar surface area (TPSA) is 178 Å². The summed E-state index contributed by atoms with van der Waals surface area (Å²) in [6.45, 7) is 1.52. The molecule has 0 radical (unpaired) electrons. The number of rotatable bonds is 9. The van der Waals surface area contributed by atoms with Crippen LogP contribution in [0.1, 0.15) is 17.6 Å². The van der Waals surface area contributed by atoms with Crippen LogP contribution in [0.4, 0.5) is 16.6 Å². The van der Waals surface area contributed by atoms with Crippen LogP contribution < -0.4 is 15.8 Å². The fraction of sp³-hybridized carbons (Fsp3) is 0.286. The number of aromatic nitrogens is 6. The second-order valence-corrected chi connectivity index (χ2v) is 10.2. The molecular weight excluding hydrogens is 565 g/mol. The van der Waals surface area contributed by atoms with Crippen LogP contribution in [0.15, 0.2) is 42.9 Å². The average molecular weight is 585 g/mol. The van der Waals surface area contributed by atoms with Gasteiger partial charge in [-0.2, -0.15) is 9.97 Å². The molecule has 4 rings (SSSR count). The van der Waals surface area contributed by atoms with Crippen molar-refractivity contribution in [2.45, 2.75) is 30.0 Å². The van der Waals surface area contributed by atoms with Gasteiger partial charge in [-0.1, -0.05) is 65.1 Å². The molecule has 4 aromatic rings. The van der Waals surface area contributed by atoms with Gasteiger partial charge in [-0.15, -0.1) is 0 Å². The highest BCUT2D eigenvalue weighted by atomic mass is 35.6. The van der Waals surface area contributed by atoms with Gasteiger partial charge in [-0.05, 0) is 10.5 Å². The van der Waals surface area contributed by atoms with Gasteiger partial charge < -0.3 is 25.3 Å². The van der Waals surface area contributed by atoms with Gasteiger partial charge in [0.1, 0.15) is 26.0 Å². The molecule has 1 unspecified atom stereocenters. The summed E-state index contributed by atoms with van der Waals surface area (Å²) in [6.07, 6.45) is 0.0833. The SMILES string of the molecule is Cc1ncc([N+](=O)[O-])n1CCOC(=O)NC(n1cnc2c(OCc3ccccc3)nc(N)nc21)C(Cl)(Cl)Cl. The molecule has 0 aliphatic heterocycles. The van der Waals surface area contributed by atoms with Crippen molar-refractivity contribution in [1.29, 1.82) is 0 Å². The fourth-order valence-electron chi connectivity index (χ4n) is 3.49. The van der Waals surface area contributed by atoms with Crippen molar-refractivity contribution in [3.05, 3.63) is 64.4 Å². The number of ether oxygens (including phenoxy) is 2. The molecule has 0 aliphatic carbocycles. The van der Waals surface area contributed by atoms with E-state index in [9.17, 15) is 14.9 Å². The lowest BCUT2D eigenvalue weighted by Crippen LogP contribution is -2.40. The third kappa shape index (κ3) is 6.15. The van der Waals surface area contributed by atoms with Gasteiger partial charge in [0.15, 0.2) is 23.2 Å². The van der Waals surface area contributed by atoms with Crippen molar-refractivity contribution >= 4 is 63.8 Å². The quantitative estimate of drug-likeness (QED) is 0.167. The lowest BCUT2D eigenvalue weighted by molar-refractivity contribution is -0.392. The van der Waals surface area contributed by atoms with Gasteiger partial charge in [-0.25, -0.2) is 19.3 Å². The number of amides is 1. The summed E-state index contributed by atoms with van der Waals surface area (Å²) < 4.78 is 11.4. The first-order valence-electron chi connectivity index (χ1n) is 10.9. The Morgan fingerprint density at radius 3 is 2.66 bits per heavy atom. The predicted molar refractivity (Wildman–Crippen MR) is 138 cm³/mol. The number of aryl methyl sites for hydroxylation is 1. The van der Waals surface area contributed by atoms with E-state index in [0.29, 0.717) is 5.82 Å². The van der Waals surface area contributed by atoms with E-state index < -0.39 is 21.0 Å². The number of imidazole rings is 2. The molecule has 0 saturated carbocycles. The zero-order valence-electron chi connectivity index (χ0n) is 19.6. The van der Waals surface area contributed by atoms with E-state index in [4.69, 9.17) is 50.0 Å². The molecule has 17 heteroatoms. The number of carbonyl (C=O) groups excluding carboxylic acids is 1. The minimum absolute atomic E-state index is 0.0200. The minimum Gasteiger partial charge on any atom is -0.471 e. The summed E-state index contributed by atoms with van der Waals surface area (Å²) in [5.74, 6) is 0.105. The smallest absolute Gasteiger partial charge is 0.409 e. The molecule has 3 N–H and O–H groups in total. The Labute approximate surface area is 229 Å². The Morgan fingerprint density at radius 2 is 1.97 bits per heavy atom. The zero-order valence-corrected chi connectivity index (χ0v) is 21.9. The molecule has 0 saturated heterocycles. The largest absolute Gasteiger partial charge is 0.471 e. The number of alkyl halides is 3. The molecule has 38 heavy (non-hydrogen) atoms. The van der Waals surface area contributed by atoms with Gasteiger partial charge in [0.25, 0.3) is 0 Å². The number of fused-ring (bicyclic) bond motifs is 1. The zero-order chi connectivity index (χ0) is 27.4. The summed E-state index contributed by atoms with van der Waals surface area (Å²) in [7, 11) is 0. The number of anilines is 1. The molecule has 1 aromatic carbocycles. The molecule has 0 fully saturated rings. The van der Waals surface area contributed by atoms with Crippen LogP contribution in [0.3, 0.4) is 0 Å². The second kappa shape index (κ2) is 11.2. The molecule has 0 bridgehead atoms. The van der Waals surface area contributed by atoms with Gasteiger partial charge in [0.05, 0.1) is 6.33 Å². The molecule has 0 spiro atoms. The molecule has 0 aliphatic rings. The van der Waals surface area contributed by atoms with Crippen molar-refractivity contribution in [2.75, 3.05) is 12.3 Å². The summed E-state index contributed by atoms with van der Waals surface area (Å²) in [5.41, 5.74) is 7.11. The highest BCUT2D eigenvalue weighted by molar-refractivity contribution is 6.68. The first kappa shape index (κ1) is 27.2. The number of hydrogen-bond donors (Lipinski definition) is 2. The van der Waals surface area contributed by atoms with Gasteiger partial charge in [0, 0.05) is 6.92 Å². The van der Waals surface area contributed by atoms with Crippen LogP contribution >= 0.6 is 34.8 Å². The normalized spacial score (nSPS) is 12.3. The number of carbonyl (C=O) groups is 1. The number of nitrogen functional groups attached to an aromatic ring is 1. The number of hydrogen-bond acceptors (Lipinski definition) is 10. The number of halogens is 3. The molecule has 14 nitrogen and oxygen atoms in total. The fourth-order valence-corrected chi connectivity index (χ4v) is 3.97. The standard InChI is InChI=1S/C21H20Cl3N9O5/c1-12-26-9-14(33(35)36)31(12)7-8-37-20(34)30-18(21(22,23)24)32-11-27-15-16(32)28-19(25)29-17(15)38-10-13-5-3-2-4-6-13/h2-6,9,11,18H,7-8,10H2,1H3,(H,30,34)(H2,25,28,29). The lowest BCUT2D eigenvalue weighted by atomic mass is 10.2. The van der Waals surface area contributed by atoms with Crippen molar-refractivity contribution in [3.63, 3.8) is 0 Å². The predicted octanol–water partition coefficient (Wildman–Crippen LogP) is 3.70. The summed E-state index contributed by atoms with van der Waals surface area (Å²) in [6, 6.07) is 9.36. The highest BCUT2D eigenvalue weighted by Gasteiger charge is 2.37. The summed E-state index contributed by atoms with van der Waals surface area (Å²) >= 11 is 18.5. The molecule has 200 valence electrons. The molecule has 3 aromatic heterocycles. The maximum absolute atomic E-state index is 12.6. The van der Waals surface area contributed by atoms with Crippen LogP contribution in [-0.4, -0.2) is 50.5 Å². The lowest BCUT2D eigenvalue weighted by Gasteiger charge is -2.26. The Balaban J connectivity index is 1.51. The van der Waals surface area contributed by atoms with Crippen LogP contribution in [0.2, 0.25) is 0 Å². The van der Waals surface area contributed by atoms with E-state index in [-0.39, 0.29) is 48.6 Å². The van der Waals surface area contributed by atoms with Crippen LogP contribution in [0.25, 0.3) is 11.2 Å². The Hall–Kier alpha value is -3.88. The number of alkyl carbamates (subject to hydrolysis) is 1. The molecule has 1 amide bonds. The van der Waals surface area contributed by atoms with Crippen molar-refractivity contribution in [3.8, 4) is 5.88 Å². The van der Waals surface area contributed by atoms with Crippen LogP contribution in [0.5, 0.6) is 5.88 Å². The van der Waals surface area contributed by atoms with Crippen molar-refractivity contribution in [2.24, 2.45) is 0 Å². The maximum atomic E-state index is 12.6.